The second kappa shape index (κ2) is 6.52. The fourth-order valence-electron chi connectivity index (χ4n) is 1.97. The van der Waals surface area contributed by atoms with Crippen molar-refractivity contribution in [2.45, 2.75) is 25.8 Å². The zero-order valence-electron chi connectivity index (χ0n) is 9.75. The SMILES string of the molecule is O=C(CCNCc1sccc1Br)N1CCCC1. The van der Waals surface area contributed by atoms with Gasteiger partial charge in [0.15, 0.2) is 0 Å². The highest BCUT2D eigenvalue weighted by Crippen LogP contribution is 2.22. The van der Waals surface area contributed by atoms with Gasteiger partial charge < -0.3 is 10.2 Å². The van der Waals surface area contributed by atoms with Crippen molar-refractivity contribution in [3.05, 3.63) is 20.8 Å². The average Bonchev–Trinajstić information content (AvgIpc) is 2.96. The quantitative estimate of drug-likeness (QED) is 0.847. The zero-order chi connectivity index (χ0) is 12.1. The lowest BCUT2D eigenvalue weighted by Crippen LogP contribution is -2.30. The largest absolute Gasteiger partial charge is 0.343 e. The number of carbonyl (C=O) groups excluding carboxylic acids is 1. The van der Waals surface area contributed by atoms with Crippen LogP contribution in [0.4, 0.5) is 0 Å². The Balaban J connectivity index is 1.63. The minimum atomic E-state index is 0.292. The van der Waals surface area contributed by atoms with Crippen LogP contribution in [0.25, 0.3) is 0 Å². The summed E-state index contributed by atoms with van der Waals surface area (Å²) in [5.41, 5.74) is 0. The van der Waals surface area contributed by atoms with Crippen LogP contribution in [0.5, 0.6) is 0 Å². The van der Waals surface area contributed by atoms with Gasteiger partial charge in [-0.2, -0.15) is 0 Å². The van der Waals surface area contributed by atoms with Crippen LogP contribution in [0.2, 0.25) is 0 Å². The number of nitrogens with one attached hydrogen (secondary N) is 1. The Morgan fingerprint density at radius 3 is 2.88 bits per heavy atom. The molecule has 0 aromatic carbocycles. The van der Waals surface area contributed by atoms with Crippen LogP contribution < -0.4 is 5.32 Å². The van der Waals surface area contributed by atoms with Gasteiger partial charge in [0.2, 0.25) is 5.91 Å². The lowest BCUT2D eigenvalue weighted by Gasteiger charge is -2.15. The number of thiophene rings is 1. The van der Waals surface area contributed by atoms with Crippen molar-refractivity contribution in [3.63, 3.8) is 0 Å². The molecule has 1 saturated heterocycles. The van der Waals surface area contributed by atoms with Gasteiger partial charge in [0.25, 0.3) is 0 Å². The van der Waals surface area contributed by atoms with Gasteiger partial charge in [-0.15, -0.1) is 11.3 Å². The molecule has 94 valence electrons. The number of rotatable bonds is 5. The maximum absolute atomic E-state index is 11.8. The Bertz CT molecular complexity index is 374. The van der Waals surface area contributed by atoms with E-state index in [1.54, 1.807) is 11.3 Å². The second-order valence-electron chi connectivity index (χ2n) is 4.21. The molecule has 0 atom stereocenters. The van der Waals surface area contributed by atoms with Crippen molar-refractivity contribution in [1.82, 2.24) is 10.2 Å². The standard InChI is InChI=1S/C12H17BrN2OS/c13-10-4-8-17-11(10)9-14-5-3-12(16)15-6-1-2-7-15/h4,8,14H,1-3,5-7,9H2. The van der Waals surface area contributed by atoms with Crippen molar-refractivity contribution in [1.29, 1.82) is 0 Å². The summed E-state index contributed by atoms with van der Waals surface area (Å²) in [5.74, 6) is 0.292. The van der Waals surface area contributed by atoms with Gasteiger partial charge in [0.1, 0.15) is 0 Å². The van der Waals surface area contributed by atoms with Gasteiger partial charge in [0, 0.05) is 41.9 Å². The Labute approximate surface area is 114 Å². The molecule has 1 aliphatic rings. The molecule has 0 spiro atoms. The Morgan fingerprint density at radius 1 is 1.47 bits per heavy atom. The first-order valence-corrected chi connectivity index (χ1v) is 7.65. The molecule has 2 rings (SSSR count). The molecule has 17 heavy (non-hydrogen) atoms. The number of nitrogens with zero attached hydrogens (tertiary/aromatic N) is 1. The van der Waals surface area contributed by atoms with E-state index in [4.69, 9.17) is 0 Å². The average molecular weight is 317 g/mol. The van der Waals surface area contributed by atoms with Crippen LogP contribution in [0, 0.1) is 0 Å². The summed E-state index contributed by atoms with van der Waals surface area (Å²) in [7, 11) is 0. The number of halogens is 1. The summed E-state index contributed by atoms with van der Waals surface area (Å²) in [6, 6.07) is 2.05. The van der Waals surface area contributed by atoms with Crippen molar-refractivity contribution in [3.8, 4) is 0 Å². The maximum Gasteiger partial charge on any atom is 0.223 e. The molecule has 0 saturated carbocycles. The highest BCUT2D eigenvalue weighted by Gasteiger charge is 2.16. The third-order valence-electron chi connectivity index (χ3n) is 2.95. The summed E-state index contributed by atoms with van der Waals surface area (Å²) in [6.07, 6.45) is 2.95. The minimum absolute atomic E-state index is 0.292. The number of carbonyl (C=O) groups is 1. The van der Waals surface area contributed by atoms with Crippen LogP contribution in [0.3, 0.4) is 0 Å². The Kier molecular flexibility index (Phi) is 5.00. The topological polar surface area (TPSA) is 32.3 Å². The van der Waals surface area contributed by atoms with Gasteiger partial charge in [-0.05, 0) is 40.2 Å². The van der Waals surface area contributed by atoms with Crippen molar-refractivity contribution >= 4 is 33.2 Å². The van der Waals surface area contributed by atoms with Crippen molar-refractivity contribution < 1.29 is 4.79 Å². The first-order valence-electron chi connectivity index (χ1n) is 5.98. The highest BCUT2D eigenvalue weighted by atomic mass is 79.9. The van der Waals surface area contributed by atoms with E-state index in [0.29, 0.717) is 12.3 Å². The van der Waals surface area contributed by atoms with Crippen LogP contribution in [-0.4, -0.2) is 30.4 Å². The molecule has 0 aliphatic carbocycles. The van der Waals surface area contributed by atoms with Crippen molar-refractivity contribution in [2.24, 2.45) is 0 Å². The van der Waals surface area contributed by atoms with Crippen LogP contribution in [-0.2, 0) is 11.3 Å². The number of likely N-dealkylation sites (tertiary alicyclic amines) is 1. The van der Waals surface area contributed by atoms with E-state index >= 15 is 0 Å². The van der Waals surface area contributed by atoms with E-state index in [2.05, 4.69) is 32.7 Å². The smallest absolute Gasteiger partial charge is 0.223 e. The summed E-state index contributed by atoms with van der Waals surface area (Å²) >= 11 is 5.23. The highest BCUT2D eigenvalue weighted by molar-refractivity contribution is 9.10. The molecule has 1 N–H and O–H groups in total. The Hall–Kier alpha value is -0.390. The van der Waals surface area contributed by atoms with E-state index < -0.39 is 0 Å². The predicted octanol–water partition coefficient (Wildman–Crippen LogP) is 2.61. The number of hydrogen-bond donors (Lipinski definition) is 1. The third-order valence-corrected chi connectivity index (χ3v) is 4.88. The lowest BCUT2D eigenvalue weighted by molar-refractivity contribution is -0.130. The molecule has 3 nitrogen and oxygen atoms in total. The fraction of sp³-hybridized carbons (Fsp3) is 0.583. The van der Waals surface area contributed by atoms with Crippen LogP contribution >= 0.6 is 27.3 Å². The van der Waals surface area contributed by atoms with E-state index in [1.807, 2.05) is 4.90 Å². The lowest BCUT2D eigenvalue weighted by atomic mass is 10.3. The van der Waals surface area contributed by atoms with Gasteiger partial charge in [-0.25, -0.2) is 0 Å². The Morgan fingerprint density at radius 2 is 2.24 bits per heavy atom. The molecule has 1 aromatic rings. The molecular weight excluding hydrogens is 300 g/mol. The van der Waals surface area contributed by atoms with Gasteiger partial charge in [-0.3, -0.25) is 4.79 Å². The number of hydrogen-bond acceptors (Lipinski definition) is 3. The number of amides is 1. The summed E-state index contributed by atoms with van der Waals surface area (Å²) < 4.78 is 1.15. The third kappa shape index (κ3) is 3.79. The molecule has 1 aliphatic heterocycles. The first kappa shape index (κ1) is 13.1. The first-order chi connectivity index (χ1) is 8.27. The molecule has 1 fully saturated rings. The van der Waals surface area contributed by atoms with Crippen molar-refractivity contribution in [2.75, 3.05) is 19.6 Å². The van der Waals surface area contributed by atoms with E-state index in [1.165, 1.54) is 17.7 Å². The molecular formula is C12H17BrN2OS. The predicted molar refractivity (Wildman–Crippen MR) is 74.2 cm³/mol. The summed E-state index contributed by atoms with van der Waals surface area (Å²) in [5, 5.41) is 5.38. The minimum Gasteiger partial charge on any atom is -0.343 e. The molecule has 0 bridgehead atoms. The molecule has 2 heterocycles. The second-order valence-corrected chi connectivity index (χ2v) is 6.06. The molecule has 0 unspecified atom stereocenters. The van der Waals surface area contributed by atoms with Crippen LogP contribution in [0.1, 0.15) is 24.1 Å². The van der Waals surface area contributed by atoms with Crippen LogP contribution in [0.15, 0.2) is 15.9 Å². The molecule has 1 aromatic heterocycles. The van der Waals surface area contributed by atoms with Gasteiger partial charge in [-0.1, -0.05) is 0 Å². The summed E-state index contributed by atoms with van der Waals surface area (Å²) in [4.78, 5) is 15.0. The monoisotopic (exact) mass is 316 g/mol. The molecule has 5 heteroatoms. The van der Waals surface area contributed by atoms with E-state index in [-0.39, 0.29) is 0 Å². The zero-order valence-corrected chi connectivity index (χ0v) is 12.1. The van der Waals surface area contributed by atoms with Gasteiger partial charge in [0.05, 0.1) is 0 Å². The molecule has 0 radical (unpaired) electrons. The van der Waals surface area contributed by atoms with E-state index in [0.717, 1.165) is 30.7 Å². The normalized spacial score (nSPS) is 15.5. The fourth-order valence-corrected chi connectivity index (χ4v) is 3.44. The van der Waals surface area contributed by atoms with Gasteiger partial charge >= 0.3 is 0 Å². The summed E-state index contributed by atoms with van der Waals surface area (Å²) in [6.45, 7) is 3.51. The van der Waals surface area contributed by atoms with E-state index in [9.17, 15) is 4.79 Å². The maximum atomic E-state index is 11.8. The molecule has 1 amide bonds.